The predicted octanol–water partition coefficient (Wildman–Crippen LogP) is 2.57. The highest BCUT2D eigenvalue weighted by atomic mass is 16.6. The number of benzene rings is 2. The molecule has 154 valence electrons. The van der Waals surface area contributed by atoms with Crippen LogP contribution in [-0.4, -0.2) is 44.0 Å². The van der Waals surface area contributed by atoms with Gasteiger partial charge in [-0.1, -0.05) is 30.3 Å². The highest BCUT2D eigenvalue weighted by Gasteiger charge is 2.18. The average molecular weight is 399 g/mol. The van der Waals surface area contributed by atoms with Crippen LogP contribution in [0.5, 0.6) is 11.5 Å². The molecule has 0 heterocycles. The zero-order chi connectivity index (χ0) is 21.2. The van der Waals surface area contributed by atoms with Gasteiger partial charge in [0.05, 0.1) is 7.11 Å². The van der Waals surface area contributed by atoms with Gasteiger partial charge >= 0.3 is 5.97 Å². The molecule has 1 amide bonds. The third-order valence-electron chi connectivity index (χ3n) is 4.15. The van der Waals surface area contributed by atoms with Crippen molar-refractivity contribution in [3.05, 3.63) is 59.7 Å². The maximum Gasteiger partial charge on any atom is 0.344 e. The zero-order valence-corrected chi connectivity index (χ0v) is 16.8. The molecule has 7 heteroatoms. The maximum atomic E-state index is 12.1. The Hall–Kier alpha value is -3.35. The van der Waals surface area contributed by atoms with Crippen LogP contribution in [0.3, 0.4) is 0 Å². The van der Waals surface area contributed by atoms with Gasteiger partial charge in [0.25, 0.3) is 5.91 Å². The first-order valence-corrected chi connectivity index (χ1v) is 9.23. The lowest BCUT2D eigenvalue weighted by Crippen LogP contribution is -2.37. The van der Waals surface area contributed by atoms with Crippen molar-refractivity contribution in [1.29, 1.82) is 0 Å². The fourth-order valence-electron chi connectivity index (χ4n) is 2.55. The van der Waals surface area contributed by atoms with Gasteiger partial charge in [0.2, 0.25) is 0 Å². The molecule has 0 saturated carbocycles. The first kappa shape index (κ1) is 21.9. The number of hydrogen-bond acceptors (Lipinski definition) is 6. The third kappa shape index (κ3) is 6.95. The summed E-state index contributed by atoms with van der Waals surface area (Å²) < 4.78 is 15.7. The molecule has 0 bridgehead atoms. The molecule has 0 fully saturated rings. The molecular formula is C22H25NO6. The highest BCUT2D eigenvalue weighted by molar-refractivity contribution is 5.94. The summed E-state index contributed by atoms with van der Waals surface area (Å²) in [5.41, 5.74) is 1.58. The lowest BCUT2D eigenvalue weighted by Gasteiger charge is -2.15. The molecule has 0 aliphatic heterocycles. The summed E-state index contributed by atoms with van der Waals surface area (Å²) in [5.74, 6) is -0.543. The van der Waals surface area contributed by atoms with Gasteiger partial charge in [0.1, 0.15) is 0 Å². The number of nitrogens with one attached hydrogen (secondary N) is 1. The van der Waals surface area contributed by atoms with Crippen LogP contribution in [0.1, 0.15) is 29.8 Å². The Morgan fingerprint density at radius 2 is 1.76 bits per heavy atom. The second-order valence-electron chi connectivity index (χ2n) is 6.37. The summed E-state index contributed by atoms with van der Waals surface area (Å²) in [5, 5.41) is 2.74. The van der Waals surface area contributed by atoms with Crippen LogP contribution >= 0.6 is 0 Å². The number of amides is 1. The molecule has 2 aromatic carbocycles. The van der Waals surface area contributed by atoms with Gasteiger partial charge in [-0.15, -0.1) is 0 Å². The molecular weight excluding hydrogens is 374 g/mol. The number of esters is 1. The number of carbonyl (C=O) groups is 3. The van der Waals surface area contributed by atoms with E-state index in [-0.39, 0.29) is 11.7 Å². The molecule has 2 aromatic rings. The standard InChI is InChI=1S/C22H25NO6/c1-15(24)18-9-10-19(20(13-18)27-3)28-14-21(25)29-16(2)22(26)23-12-11-17-7-5-4-6-8-17/h4-10,13,16H,11-12,14H2,1-3H3,(H,23,26). The monoisotopic (exact) mass is 399 g/mol. The minimum atomic E-state index is -0.941. The number of methoxy groups -OCH3 is 1. The van der Waals surface area contributed by atoms with E-state index in [0.29, 0.717) is 30.0 Å². The van der Waals surface area contributed by atoms with Crippen molar-refractivity contribution in [2.75, 3.05) is 20.3 Å². The number of ether oxygens (including phenoxy) is 3. The predicted molar refractivity (Wildman–Crippen MR) is 107 cm³/mol. The van der Waals surface area contributed by atoms with Crippen LogP contribution in [0, 0.1) is 0 Å². The van der Waals surface area contributed by atoms with E-state index in [0.717, 1.165) is 5.56 Å². The fourth-order valence-corrected chi connectivity index (χ4v) is 2.55. The lowest BCUT2D eigenvalue weighted by molar-refractivity contribution is -0.156. The van der Waals surface area contributed by atoms with E-state index in [1.807, 2.05) is 30.3 Å². The van der Waals surface area contributed by atoms with Crippen molar-refractivity contribution in [1.82, 2.24) is 5.32 Å². The molecule has 29 heavy (non-hydrogen) atoms. The van der Waals surface area contributed by atoms with Gasteiger partial charge in [-0.25, -0.2) is 4.79 Å². The first-order chi connectivity index (χ1) is 13.9. The molecule has 0 spiro atoms. The van der Waals surface area contributed by atoms with Crippen LogP contribution in [0.25, 0.3) is 0 Å². The van der Waals surface area contributed by atoms with E-state index < -0.39 is 18.7 Å². The Labute approximate surface area is 170 Å². The van der Waals surface area contributed by atoms with Crippen LogP contribution in [0.4, 0.5) is 0 Å². The summed E-state index contributed by atoms with van der Waals surface area (Å²) in [6.07, 6.45) is -0.254. The third-order valence-corrected chi connectivity index (χ3v) is 4.15. The van der Waals surface area contributed by atoms with Gasteiger partial charge in [-0.05, 0) is 44.0 Å². The molecule has 1 N–H and O–H groups in total. The normalized spacial score (nSPS) is 11.3. The van der Waals surface area contributed by atoms with E-state index in [9.17, 15) is 14.4 Å². The van der Waals surface area contributed by atoms with E-state index in [4.69, 9.17) is 14.2 Å². The molecule has 0 saturated heterocycles. The maximum absolute atomic E-state index is 12.1. The van der Waals surface area contributed by atoms with Gasteiger partial charge in [-0.2, -0.15) is 0 Å². The number of rotatable bonds is 10. The van der Waals surface area contributed by atoms with Crippen molar-refractivity contribution >= 4 is 17.7 Å². The molecule has 0 aromatic heterocycles. The molecule has 1 unspecified atom stereocenters. The van der Waals surface area contributed by atoms with E-state index in [1.54, 1.807) is 12.1 Å². The van der Waals surface area contributed by atoms with Crippen LogP contribution in [0.15, 0.2) is 48.5 Å². The quantitative estimate of drug-likeness (QED) is 0.488. The number of hydrogen-bond donors (Lipinski definition) is 1. The lowest BCUT2D eigenvalue weighted by atomic mass is 10.1. The van der Waals surface area contributed by atoms with Gasteiger partial charge in [0.15, 0.2) is 30.0 Å². The average Bonchev–Trinajstić information content (AvgIpc) is 2.72. The Kier molecular flexibility index (Phi) is 8.21. The second-order valence-corrected chi connectivity index (χ2v) is 6.37. The molecule has 7 nitrogen and oxygen atoms in total. The van der Waals surface area contributed by atoms with Gasteiger partial charge < -0.3 is 19.5 Å². The molecule has 0 aliphatic carbocycles. The van der Waals surface area contributed by atoms with Crippen LogP contribution in [0.2, 0.25) is 0 Å². The first-order valence-electron chi connectivity index (χ1n) is 9.23. The summed E-state index contributed by atoms with van der Waals surface area (Å²) >= 11 is 0. The summed E-state index contributed by atoms with van der Waals surface area (Å²) in [4.78, 5) is 35.5. The minimum absolute atomic E-state index is 0.110. The Morgan fingerprint density at radius 1 is 1.03 bits per heavy atom. The van der Waals surface area contributed by atoms with Crippen molar-refractivity contribution in [3.63, 3.8) is 0 Å². The largest absolute Gasteiger partial charge is 0.493 e. The molecule has 2 rings (SSSR count). The topological polar surface area (TPSA) is 90.9 Å². The van der Waals surface area contributed by atoms with E-state index >= 15 is 0 Å². The van der Waals surface area contributed by atoms with E-state index in [2.05, 4.69) is 5.32 Å². The summed E-state index contributed by atoms with van der Waals surface area (Å²) in [6, 6.07) is 14.4. The van der Waals surface area contributed by atoms with Crippen LogP contribution in [-0.2, 0) is 20.7 Å². The number of carbonyl (C=O) groups excluding carboxylic acids is 3. The Bertz CT molecular complexity index is 850. The Morgan fingerprint density at radius 3 is 2.41 bits per heavy atom. The SMILES string of the molecule is COc1cc(C(C)=O)ccc1OCC(=O)OC(C)C(=O)NCCc1ccccc1. The van der Waals surface area contributed by atoms with E-state index in [1.165, 1.54) is 27.0 Å². The van der Waals surface area contributed by atoms with Crippen molar-refractivity contribution in [3.8, 4) is 11.5 Å². The van der Waals surface area contributed by atoms with Crippen molar-refractivity contribution in [2.45, 2.75) is 26.4 Å². The summed E-state index contributed by atoms with van der Waals surface area (Å²) in [6.45, 7) is 3.00. The van der Waals surface area contributed by atoms with Crippen molar-refractivity contribution < 1.29 is 28.6 Å². The number of Topliss-reactive ketones (excluding diaryl/α,β-unsaturated/α-hetero) is 1. The number of ketones is 1. The van der Waals surface area contributed by atoms with Gasteiger partial charge in [-0.3, -0.25) is 9.59 Å². The molecule has 0 radical (unpaired) electrons. The molecule has 0 aliphatic rings. The van der Waals surface area contributed by atoms with Crippen molar-refractivity contribution in [2.24, 2.45) is 0 Å². The Balaban J connectivity index is 1.78. The molecule has 1 atom stereocenters. The second kappa shape index (κ2) is 10.8. The fraction of sp³-hybridized carbons (Fsp3) is 0.318. The van der Waals surface area contributed by atoms with Crippen LogP contribution < -0.4 is 14.8 Å². The summed E-state index contributed by atoms with van der Waals surface area (Å²) in [7, 11) is 1.44. The van der Waals surface area contributed by atoms with Gasteiger partial charge in [0, 0.05) is 12.1 Å². The highest BCUT2D eigenvalue weighted by Crippen LogP contribution is 2.28. The smallest absolute Gasteiger partial charge is 0.344 e. The minimum Gasteiger partial charge on any atom is -0.493 e. The zero-order valence-electron chi connectivity index (χ0n) is 16.8.